The number of pyridine rings is 1. The van der Waals surface area contributed by atoms with Crippen LogP contribution < -0.4 is 5.56 Å². The molecule has 0 radical (unpaired) electrons. The van der Waals surface area contributed by atoms with Crippen LogP contribution in [0.2, 0.25) is 0 Å². The Morgan fingerprint density at radius 1 is 0.903 bits per heavy atom. The van der Waals surface area contributed by atoms with Gasteiger partial charge in [0.15, 0.2) is 6.29 Å². The van der Waals surface area contributed by atoms with E-state index in [1.165, 1.54) is 30.3 Å². The van der Waals surface area contributed by atoms with Crippen molar-refractivity contribution in [1.29, 1.82) is 0 Å². The number of hydrogen-bond donors (Lipinski definition) is 0. The Hall–Kier alpha value is -2.83. The lowest BCUT2D eigenvalue weighted by atomic mass is 9.86. The first kappa shape index (κ1) is 21.4. The van der Waals surface area contributed by atoms with Crippen LogP contribution in [0.15, 0.2) is 71.7 Å². The molecular weight excluding hydrogens is 400 g/mol. The molecule has 1 fully saturated rings. The van der Waals surface area contributed by atoms with Gasteiger partial charge >= 0.3 is 0 Å². The maximum atomic E-state index is 13.5. The first-order valence-electron chi connectivity index (χ1n) is 10.5. The lowest BCUT2D eigenvalue weighted by Crippen LogP contribution is -2.27. The van der Waals surface area contributed by atoms with Gasteiger partial charge < -0.3 is 14.0 Å². The minimum atomic E-state index is -0.325. The molecule has 1 atom stereocenters. The average Bonchev–Trinajstić information content (AvgIpc) is 2.79. The fourth-order valence-corrected chi connectivity index (χ4v) is 3.91. The Bertz CT molecular complexity index is 996. The lowest BCUT2D eigenvalue weighted by Gasteiger charge is -2.23. The highest BCUT2D eigenvalue weighted by Gasteiger charge is 2.19. The van der Waals surface area contributed by atoms with Gasteiger partial charge in [-0.25, -0.2) is 8.78 Å². The Kier molecular flexibility index (Phi) is 6.89. The minimum absolute atomic E-state index is 0.131. The summed E-state index contributed by atoms with van der Waals surface area (Å²) in [6.07, 6.45) is 4.59. The maximum Gasteiger partial charge on any atom is 0.250 e. The number of ether oxygens (including phenoxy) is 2. The van der Waals surface area contributed by atoms with Crippen molar-refractivity contribution in [3.8, 4) is 0 Å². The zero-order chi connectivity index (χ0) is 21.6. The Balaban J connectivity index is 1.60. The summed E-state index contributed by atoms with van der Waals surface area (Å²) >= 11 is 0. The van der Waals surface area contributed by atoms with E-state index in [1.54, 1.807) is 41.1 Å². The van der Waals surface area contributed by atoms with Crippen molar-refractivity contribution < 1.29 is 18.3 Å². The van der Waals surface area contributed by atoms with Crippen molar-refractivity contribution >= 4 is 0 Å². The first-order valence-corrected chi connectivity index (χ1v) is 10.5. The van der Waals surface area contributed by atoms with E-state index in [-0.39, 0.29) is 29.4 Å². The molecule has 3 aromatic rings. The Labute approximate surface area is 180 Å². The van der Waals surface area contributed by atoms with Gasteiger partial charge in [0.2, 0.25) is 0 Å². The zero-order valence-electron chi connectivity index (χ0n) is 17.2. The summed E-state index contributed by atoms with van der Waals surface area (Å²) in [5.74, 6) is -0.919. The molecule has 1 aliphatic rings. The maximum absolute atomic E-state index is 13.5. The molecule has 1 aromatic heterocycles. The summed E-state index contributed by atoms with van der Waals surface area (Å²) in [4.78, 5) is 12.4. The zero-order valence-corrected chi connectivity index (χ0v) is 17.2. The summed E-state index contributed by atoms with van der Waals surface area (Å²) < 4.78 is 40.0. The van der Waals surface area contributed by atoms with Crippen molar-refractivity contribution in [2.24, 2.45) is 0 Å². The molecule has 2 aromatic carbocycles. The van der Waals surface area contributed by atoms with Crippen LogP contribution in [0.1, 0.15) is 41.9 Å². The molecule has 1 unspecified atom stereocenters. The molecule has 0 spiro atoms. The molecule has 6 heteroatoms. The van der Waals surface area contributed by atoms with Crippen LogP contribution in [0.25, 0.3) is 0 Å². The molecule has 0 aliphatic carbocycles. The quantitative estimate of drug-likeness (QED) is 0.543. The van der Waals surface area contributed by atoms with Gasteiger partial charge in [0.1, 0.15) is 11.6 Å². The number of benzene rings is 2. The van der Waals surface area contributed by atoms with Crippen molar-refractivity contribution in [2.75, 3.05) is 13.2 Å². The molecule has 4 nitrogen and oxygen atoms in total. The largest absolute Gasteiger partial charge is 0.353 e. The van der Waals surface area contributed by atoms with Crippen LogP contribution >= 0.6 is 0 Å². The Morgan fingerprint density at radius 2 is 1.52 bits per heavy atom. The molecule has 31 heavy (non-hydrogen) atoms. The first-order chi connectivity index (χ1) is 15.1. The number of aromatic nitrogens is 1. The lowest BCUT2D eigenvalue weighted by molar-refractivity contribution is -0.163. The molecule has 0 saturated carbocycles. The second kappa shape index (κ2) is 9.98. The fraction of sp³-hybridized carbons (Fsp3) is 0.320. The molecule has 162 valence electrons. The average molecular weight is 425 g/mol. The van der Waals surface area contributed by atoms with E-state index >= 15 is 0 Å². The van der Waals surface area contributed by atoms with Gasteiger partial charge in [0.05, 0.1) is 6.61 Å². The summed E-state index contributed by atoms with van der Waals surface area (Å²) in [6, 6.07) is 15.7. The second-order valence-electron chi connectivity index (χ2n) is 7.70. The highest BCUT2D eigenvalue weighted by molar-refractivity contribution is 5.42. The molecule has 0 bridgehead atoms. The second-order valence-corrected chi connectivity index (χ2v) is 7.70. The summed E-state index contributed by atoms with van der Waals surface area (Å²) in [5.41, 5.74) is 2.43. The molecule has 1 saturated heterocycles. The topological polar surface area (TPSA) is 40.5 Å². The highest BCUT2D eigenvalue weighted by atomic mass is 19.1. The van der Waals surface area contributed by atoms with Crippen LogP contribution in [-0.2, 0) is 16.0 Å². The number of hydrogen-bond acceptors (Lipinski definition) is 3. The number of rotatable bonds is 7. The van der Waals surface area contributed by atoms with Gasteiger partial charge in [0.25, 0.3) is 5.56 Å². The van der Waals surface area contributed by atoms with Crippen molar-refractivity contribution in [2.45, 2.75) is 38.0 Å². The summed E-state index contributed by atoms with van der Waals surface area (Å²) in [6.45, 7) is 1.47. The van der Waals surface area contributed by atoms with Gasteiger partial charge in [-0.2, -0.15) is 0 Å². The molecule has 1 aliphatic heterocycles. The van der Waals surface area contributed by atoms with Crippen molar-refractivity contribution in [3.05, 3.63) is 106 Å². The van der Waals surface area contributed by atoms with Gasteiger partial charge in [0, 0.05) is 31.3 Å². The van der Waals surface area contributed by atoms with Crippen LogP contribution in [0, 0.1) is 11.6 Å². The van der Waals surface area contributed by atoms with E-state index in [9.17, 15) is 13.6 Å². The van der Waals surface area contributed by atoms with Crippen LogP contribution in [0.5, 0.6) is 0 Å². The highest BCUT2D eigenvalue weighted by Crippen LogP contribution is 2.31. The third-order valence-corrected chi connectivity index (χ3v) is 5.52. The Morgan fingerprint density at radius 3 is 2.10 bits per heavy atom. The van der Waals surface area contributed by atoms with Crippen molar-refractivity contribution in [3.63, 3.8) is 0 Å². The van der Waals surface area contributed by atoms with Crippen LogP contribution in [0.3, 0.4) is 0 Å². The molecule has 0 N–H and O–H groups in total. The predicted molar refractivity (Wildman–Crippen MR) is 114 cm³/mol. The molecule has 2 heterocycles. The number of nitrogens with zero attached hydrogens (tertiary/aromatic N) is 1. The van der Waals surface area contributed by atoms with Gasteiger partial charge in [-0.1, -0.05) is 30.3 Å². The molecular formula is C25H25F2NO3. The summed E-state index contributed by atoms with van der Waals surface area (Å²) in [5, 5.41) is 0. The van der Waals surface area contributed by atoms with E-state index in [1.807, 2.05) is 0 Å². The van der Waals surface area contributed by atoms with E-state index < -0.39 is 0 Å². The van der Waals surface area contributed by atoms with E-state index in [0.29, 0.717) is 19.8 Å². The van der Waals surface area contributed by atoms with E-state index in [2.05, 4.69) is 0 Å². The van der Waals surface area contributed by atoms with Gasteiger partial charge in [-0.15, -0.1) is 0 Å². The SMILES string of the molecule is O=c1ccc(C(c2ccc(F)cc2)c2ccc(F)cc2)cn1CCOC1CCCCO1. The van der Waals surface area contributed by atoms with Crippen LogP contribution in [0.4, 0.5) is 8.78 Å². The molecule has 0 amide bonds. The monoisotopic (exact) mass is 425 g/mol. The predicted octanol–water partition coefficient (Wildman–Crippen LogP) is 4.85. The third-order valence-electron chi connectivity index (χ3n) is 5.52. The van der Waals surface area contributed by atoms with Gasteiger partial charge in [-0.3, -0.25) is 4.79 Å². The molecule has 4 rings (SSSR count). The van der Waals surface area contributed by atoms with E-state index in [4.69, 9.17) is 9.47 Å². The van der Waals surface area contributed by atoms with Crippen LogP contribution in [-0.4, -0.2) is 24.1 Å². The fourth-order valence-electron chi connectivity index (χ4n) is 3.91. The minimum Gasteiger partial charge on any atom is -0.353 e. The standard InChI is InChI=1S/C25H25F2NO3/c26-21-9-4-18(5-10-21)25(19-6-11-22(27)12-7-19)20-8-13-23(29)28(17-20)14-16-31-24-3-1-2-15-30-24/h4-13,17,24-25H,1-3,14-16H2. The van der Waals surface area contributed by atoms with E-state index in [0.717, 1.165) is 36.0 Å². The van der Waals surface area contributed by atoms with Gasteiger partial charge in [-0.05, 0) is 60.2 Å². The number of halogens is 2. The normalized spacial score (nSPS) is 16.5. The van der Waals surface area contributed by atoms with Crippen molar-refractivity contribution in [1.82, 2.24) is 4.57 Å². The summed E-state index contributed by atoms with van der Waals surface area (Å²) in [7, 11) is 0. The smallest absolute Gasteiger partial charge is 0.250 e. The third kappa shape index (κ3) is 5.46.